The molecule has 2 heterocycles. The number of aromatic nitrogens is 3. The zero-order chi connectivity index (χ0) is 13.3. The summed E-state index contributed by atoms with van der Waals surface area (Å²) in [4.78, 5) is 13.7. The first-order chi connectivity index (χ1) is 8.44. The maximum Gasteiger partial charge on any atom is 0.250 e. The minimum atomic E-state index is -3.76. The van der Waals surface area contributed by atoms with E-state index in [-0.39, 0.29) is 11.1 Å². The number of rotatable bonds is 3. The van der Waals surface area contributed by atoms with Crippen LogP contribution in [0.3, 0.4) is 0 Å². The quantitative estimate of drug-likeness (QED) is 0.747. The van der Waals surface area contributed by atoms with Gasteiger partial charge in [0.2, 0.25) is 20.9 Å². The lowest BCUT2D eigenvalue weighted by molar-refractivity contribution is -0.129. The van der Waals surface area contributed by atoms with E-state index >= 15 is 0 Å². The Bertz CT molecular complexity index is 545. The van der Waals surface area contributed by atoms with Crippen LogP contribution in [-0.2, 0) is 21.7 Å². The predicted molar refractivity (Wildman–Crippen MR) is 63.5 cm³/mol. The molecule has 8 heteroatoms. The van der Waals surface area contributed by atoms with Crippen LogP contribution in [0, 0.1) is 0 Å². The Morgan fingerprint density at radius 1 is 1.39 bits per heavy atom. The molecular formula is C10H16N4O3S. The zero-order valence-electron chi connectivity index (χ0n) is 10.4. The summed E-state index contributed by atoms with van der Waals surface area (Å²) in [6, 6.07) is 0. The summed E-state index contributed by atoms with van der Waals surface area (Å²) in [5.41, 5.74) is 0. The second kappa shape index (κ2) is 4.68. The van der Waals surface area contributed by atoms with E-state index in [9.17, 15) is 13.2 Å². The molecule has 100 valence electrons. The molecule has 1 fully saturated rings. The van der Waals surface area contributed by atoms with Crippen LogP contribution in [0.5, 0.6) is 0 Å². The molecule has 1 atom stereocenters. The van der Waals surface area contributed by atoms with Crippen molar-refractivity contribution in [2.24, 2.45) is 7.05 Å². The first kappa shape index (κ1) is 13.0. The number of sulfone groups is 1. The van der Waals surface area contributed by atoms with Gasteiger partial charge in [-0.1, -0.05) is 0 Å². The summed E-state index contributed by atoms with van der Waals surface area (Å²) >= 11 is 0. The van der Waals surface area contributed by atoms with Gasteiger partial charge >= 0.3 is 0 Å². The van der Waals surface area contributed by atoms with E-state index in [1.165, 1.54) is 17.8 Å². The Balaban J connectivity index is 2.25. The lowest BCUT2D eigenvalue weighted by Crippen LogP contribution is -2.40. The van der Waals surface area contributed by atoms with E-state index in [1.807, 2.05) is 0 Å². The molecule has 1 aliphatic heterocycles. The number of hydrogen-bond donors (Lipinski definition) is 0. The molecule has 0 radical (unpaired) electrons. The van der Waals surface area contributed by atoms with Gasteiger partial charge in [-0.2, -0.15) is 0 Å². The molecular weight excluding hydrogens is 256 g/mol. The lowest BCUT2D eigenvalue weighted by atomic mass is 10.4. The van der Waals surface area contributed by atoms with Crippen molar-refractivity contribution < 1.29 is 13.2 Å². The van der Waals surface area contributed by atoms with Crippen molar-refractivity contribution in [3.63, 3.8) is 0 Å². The van der Waals surface area contributed by atoms with Crippen molar-refractivity contribution in [3.8, 4) is 0 Å². The number of aryl methyl sites for hydroxylation is 1. The van der Waals surface area contributed by atoms with Crippen LogP contribution in [0.15, 0.2) is 11.5 Å². The summed E-state index contributed by atoms with van der Waals surface area (Å²) in [5, 5.41) is 5.83. The van der Waals surface area contributed by atoms with E-state index in [1.54, 1.807) is 11.9 Å². The van der Waals surface area contributed by atoms with Crippen molar-refractivity contribution in [2.75, 3.05) is 13.1 Å². The molecule has 1 saturated heterocycles. The molecule has 0 spiro atoms. The van der Waals surface area contributed by atoms with Crippen molar-refractivity contribution in [2.45, 2.75) is 30.2 Å². The van der Waals surface area contributed by atoms with Gasteiger partial charge in [-0.25, -0.2) is 8.42 Å². The van der Waals surface area contributed by atoms with Crippen LogP contribution in [0.4, 0.5) is 0 Å². The smallest absolute Gasteiger partial charge is 0.250 e. The third-order valence-corrected chi connectivity index (χ3v) is 5.17. The number of amides is 1. The first-order valence-electron chi connectivity index (χ1n) is 5.81. The van der Waals surface area contributed by atoms with Crippen molar-refractivity contribution in [1.82, 2.24) is 19.7 Å². The second-order valence-corrected chi connectivity index (χ2v) is 6.61. The third-order valence-electron chi connectivity index (χ3n) is 3.16. The number of carbonyl (C=O) groups is 1. The molecule has 1 aliphatic rings. The molecule has 0 saturated carbocycles. The number of carbonyl (C=O) groups excluding carboxylic acids is 1. The topological polar surface area (TPSA) is 85.2 Å². The summed E-state index contributed by atoms with van der Waals surface area (Å²) in [7, 11) is -2.22. The Morgan fingerprint density at radius 2 is 2.00 bits per heavy atom. The maximum absolute atomic E-state index is 12.2. The highest BCUT2D eigenvalue weighted by molar-refractivity contribution is 7.92. The van der Waals surface area contributed by atoms with Gasteiger partial charge in [-0.05, 0) is 19.8 Å². The van der Waals surface area contributed by atoms with Gasteiger partial charge in [0.1, 0.15) is 11.6 Å². The standard InChI is InChI=1S/C10H16N4O3S/c1-8(9(15)14-5-3-4-6-14)18(16,17)10-12-11-7-13(10)2/h7-8H,3-6H2,1-2H3/t8-/m1/s1. The average molecular weight is 272 g/mol. The molecule has 1 aromatic rings. The third kappa shape index (κ3) is 2.12. The van der Waals surface area contributed by atoms with Gasteiger partial charge in [-0.15, -0.1) is 10.2 Å². The zero-order valence-corrected chi connectivity index (χ0v) is 11.2. The highest BCUT2D eigenvalue weighted by Crippen LogP contribution is 2.17. The fourth-order valence-electron chi connectivity index (χ4n) is 2.02. The SMILES string of the molecule is C[C@H](C(=O)N1CCCC1)S(=O)(=O)c1nncn1C. The molecule has 0 aliphatic carbocycles. The molecule has 0 bridgehead atoms. The number of hydrogen-bond acceptors (Lipinski definition) is 5. The molecule has 0 unspecified atom stereocenters. The number of likely N-dealkylation sites (tertiary alicyclic amines) is 1. The fraction of sp³-hybridized carbons (Fsp3) is 0.700. The van der Waals surface area contributed by atoms with Crippen LogP contribution in [0.25, 0.3) is 0 Å². The van der Waals surface area contributed by atoms with E-state index in [0.29, 0.717) is 13.1 Å². The Kier molecular flexibility index (Phi) is 3.38. The van der Waals surface area contributed by atoms with Crippen LogP contribution >= 0.6 is 0 Å². The first-order valence-corrected chi connectivity index (χ1v) is 7.36. The Hall–Kier alpha value is -1.44. The minimum absolute atomic E-state index is 0.164. The van der Waals surface area contributed by atoms with Gasteiger partial charge in [0.05, 0.1) is 0 Å². The molecule has 18 heavy (non-hydrogen) atoms. The van der Waals surface area contributed by atoms with E-state index in [4.69, 9.17) is 0 Å². The van der Waals surface area contributed by atoms with E-state index in [2.05, 4.69) is 10.2 Å². The lowest BCUT2D eigenvalue weighted by Gasteiger charge is -2.19. The van der Waals surface area contributed by atoms with E-state index < -0.39 is 15.1 Å². The Morgan fingerprint density at radius 3 is 2.50 bits per heavy atom. The van der Waals surface area contributed by atoms with Crippen molar-refractivity contribution in [3.05, 3.63) is 6.33 Å². The van der Waals surface area contributed by atoms with Crippen LogP contribution in [-0.4, -0.2) is 52.3 Å². The molecule has 0 aromatic carbocycles. The molecule has 2 rings (SSSR count). The van der Waals surface area contributed by atoms with Crippen LogP contribution in [0.1, 0.15) is 19.8 Å². The summed E-state index contributed by atoms with van der Waals surface area (Å²) in [6.45, 7) is 2.68. The fourth-order valence-corrected chi connectivity index (χ4v) is 3.36. The largest absolute Gasteiger partial charge is 0.342 e. The van der Waals surface area contributed by atoms with Crippen molar-refractivity contribution in [1.29, 1.82) is 0 Å². The van der Waals surface area contributed by atoms with Gasteiger partial charge < -0.3 is 9.47 Å². The van der Waals surface area contributed by atoms with Crippen LogP contribution in [0.2, 0.25) is 0 Å². The van der Waals surface area contributed by atoms with Gasteiger partial charge in [0, 0.05) is 20.1 Å². The van der Waals surface area contributed by atoms with E-state index in [0.717, 1.165) is 12.8 Å². The molecule has 1 amide bonds. The minimum Gasteiger partial charge on any atom is -0.342 e. The average Bonchev–Trinajstić information content (AvgIpc) is 2.97. The predicted octanol–water partition coefficient (Wildman–Crippen LogP) is -0.400. The normalized spacial score (nSPS) is 18.0. The van der Waals surface area contributed by atoms with Gasteiger partial charge in [-0.3, -0.25) is 4.79 Å². The highest BCUT2D eigenvalue weighted by Gasteiger charge is 2.36. The second-order valence-electron chi connectivity index (χ2n) is 4.44. The summed E-state index contributed by atoms with van der Waals surface area (Å²) < 4.78 is 25.8. The highest BCUT2D eigenvalue weighted by atomic mass is 32.2. The van der Waals surface area contributed by atoms with Gasteiger partial charge in [0.25, 0.3) is 0 Å². The molecule has 0 N–H and O–H groups in total. The van der Waals surface area contributed by atoms with Crippen molar-refractivity contribution >= 4 is 15.7 Å². The maximum atomic E-state index is 12.2. The Labute approximate surface area is 106 Å². The summed E-state index contributed by atoms with van der Waals surface area (Å²) in [6.07, 6.45) is 3.17. The van der Waals surface area contributed by atoms with Crippen LogP contribution < -0.4 is 0 Å². The number of nitrogens with zero attached hydrogens (tertiary/aromatic N) is 4. The summed E-state index contributed by atoms with van der Waals surface area (Å²) in [5.74, 6) is -0.351. The monoisotopic (exact) mass is 272 g/mol. The molecule has 7 nitrogen and oxygen atoms in total. The van der Waals surface area contributed by atoms with Gasteiger partial charge in [0.15, 0.2) is 0 Å². The molecule has 1 aromatic heterocycles.